The highest BCUT2D eigenvalue weighted by molar-refractivity contribution is 6.11. The summed E-state index contributed by atoms with van der Waals surface area (Å²) in [4.78, 5) is 30.3. The molecule has 148 valence electrons. The highest BCUT2D eigenvalue weighted by Crippen LogP contribution is 2.43. The van der Waals surface area contributed by atoms with E-state index in [1.54, 1.807) is 6.92 Å². The van der Waals surface area contributed by atoms with Crippen molar-refractivity contribution >= 4 is 17.5 Å². The van der Waals surface area contributed by atoms with E-state index in [-0.39, 0.29) is 23.6 Å². The summed E-state index contributed by atoms with van der Waals surface area (Å²) >= 11 is 0. The molecule has 0 saturated heterocycles. The lowest BCUT2D eigenvalue weighted by molar-refractivity contribution is -0.139. The van der Waals surface area contributed by atoms with Crippen LogP contribution in [0.4, 0.5) is 0 Å². The third kappa shape index (κ3) is 3.67. The maximum atomic E-state index is 12.9. The molecule has 0 radical (unpaired) electrons. The average molecular weight is 387 g/mol. The number of carbonyl (C=O) groups excluding carboxylic acids is 2. The lowest BCUT2D eigenvalue weighted by Crippen LogP contribution is -2.39. The molecule has 2 atom stereocenters. The van der Waals surface area contributed by atoms with Crippen LogP contribution in [-0.2, 0) is 14.3 Å². The van der Waals surface area contributed by atoms with Crippen LogP contribution in [0.2, 0.25) is 0 Å². The standard InChI is InChI=1S/C25H25NO3/c1-3-29-25(28)22-16(2)26-20-10-7-11-21(27)24(20)23(22)19-14-12-18(13-15-19)17-8-5-4-6-9-17/h4-6,8-9,12-15,23-24H,3,7,10-11H2,1-2H3. The van der Waals surface area contributed by atoms with Gasteiger partial charge in [0.2, 0.25) is 0 Å². The molecule has 4 nitrogen and oxygen atoms in total. The molecular formula is C25H25NO3. The van der Waals surface area contributed by atoms with Crippen molar-refractivity contribution in [3.8, 4) is 11.1 Å². The Morgan fingerprint density at radius 2 is 1.69 bits per heavy atom. The summed E-state index contributed by atoms with van der Waals surface area (Å²) in [6, 6.07) is 18.3. The molecule has 0 bridgehead atoms. The van der Waals surface area contributed by atoms with Crippen molar-refractivity contribution in [1.29, 1.82) is 0 Å². The summed E-state index contributed by atoms with van der Waals surface area (Å²) < 4.78 is 5.33. The van der Waals surface area contributed by atoms with Crippen molar-refractivity contribution in [2.45, 2.75) is 39.0 Å². The van der Waals surface area contributed by atoms with Crippen LogP contribution >= 0.6 is 0 Å². The van der Waals surface area contributed by atoms with Crippen LogP contribution in [0, 0.1) is 5.92 Å². The summed E-state index contributed by atoms with van der Waals surface area (Å²) in [5.74, 6) is -0.904. The summed E-state index contributed by atoms with van der Waals surface area (Å²) in [5, 5.41) is 0. The van der Waals surface area contributed by atoms with Crippen LogP contribution in [-0.4, -0.2) is 24.1 Å². The number of carbonyl (C=O) groups is 2. The molecule has 1 saturated carbocycles. The van der Waals surface area contributed by atoms with Gasteiger partial charge in [-0.3, -0.25) is 9.79 Å². The third-order valence-corrected chi connectivity index (χ3v) is 5.78. The minimum Gasteiger partial charge on any atom is -0.463 e. The topological polar surface area (TPSA) is 55.7 Å². The van der Waals surface area contributed by atoms with Gasteiger partial charge in [-0.15, -0.1) is 0 Å². The van der Waals surface area contributed by atoms with E-state index in [0.717, 1.165) is 35.2 Å². The van der Waals surface area contributed by atoms with Gasteiger partial charge in [0.05, 0.1) is 18.1 Å². The second-order valence-electron chi connectivity index (χ2n) is 7.59. The molecule has 1 aliphatic carbocycles. The van der Waals surface area contributed by atoms with Crippen LogP contribution in [0.3, 0.4) is 0 Å². The minimum atomic E-state index is -0.372. The molecule has 1 fully saturated rings. The molecule has 1 heterocycles. The zero-order valence-corrected chi connectivity index (χ0v) is 16.9. The molecule has 4 rings (SSSR count). The summed E-state index contributed by atoms with van der Waals surface area (Å²) in [5.41, 5.74) is 5.29. The van der Waals surface area contributed by atoms with E-state index >= 15 is 0 Å². The molecule has 2 aromatic rings. The van der Waals surface area contributed by atoms with Gasteiger partial charge in [0.15, 0.2) is 0 Å². The summed E-state index contributed by atoms with van der Waals surface area (Å²) in [6.45, 7) is 3.94. The van der Waals surface area contributed by atoms with Crippen molar-refractivity contribution in [3.05, 3.63) is 71.4 Å². The molecule has 1 aliphatic heterocycles. The van der Waals surface area contributed by atoms with Gasteiger partial charge in [-0.25, -0.2) is 4.79 Å². The van der Waals surface area contributed by atoms with E-state index in [2.05, 4.69) is 29.3 Å². The van der Waals surface area contributed by atoms with Crippen LogP contribution < -0.4 is 0 Å². The van der Waals surface area contributed by atoms with Gasteiger partial charge in [0, 0.05) is 23.7 Å². The van der Waals surface area contributed by atoms with Crippen molar-refractivity contribution < 1.29 is 14.3 Å². The number of ether oxygens (including phenoxy) is 1. The number of ketones is 1. The highest BCUT2D eigenvalue weighted by atomic mass is 16.5. The number of fused-ring (bicyclic) bond motifs is 1. The first-order chi connectivity index (χ1) is 14.1. The van der Waals surface area contributed by atoms with Gasteiger partial charge < -0.3 is 4.74 Å². The van der Waals surface area contributed by atoms with Crippen molar-refractivity contribution in [2.24, 2.45) is 10.9 Å². The second-order valence-corrected chi connectivity index (χ2v) is 7.59. The predicted octanol–water partition coefficient (Wildman–Crippen LogP) is 5.10. The number of aliphatic imine (C=N–C) groups is 1. The van der Waals surface area contributed by atoms with Gasteiger partial charge in [-0.2, -0.15) is 0 Å². The third-order valence-electron chi connectivity index (χ3n) is 5.78. The first-order valence-electron chi connectivity index (χ1n) is 10.2. The molecule has 2 aliphatic rings. The first-order valence-corrected chi connectivity index (χ1v) is 10.2. The fourth-order valence-electron chi connectivity index (χ4n) is 4.47. The molecule has 0 N–H and O–H groups in total. The number of rotatable bonds is 4. The van der Waals surface area contributed by atoms with E-state index in [1.165, 1.54) is 0 Å². The molecule has 2 aromatic carbocycles. The van der Waals surface area contributed by atoms with Crippen LogP contribution in [0.1, 0.15) is 44.6 Å². The summed E-state index contributed by atoms with van der Waals surface area (Å²) in [6.07, 6.45) is 2.18. The van der Waals surface area contributed by atoms with Crippen molar-refractivity contribution in [1.82, 2.24) is 0 Å². The maximum absolute atomic E-state index is 12.9. The lowest BCUT2D eigenvalue weighted by Gasteiger charge is -2.35. The Morgan fingerprint density at radius 1 is 1.00 bits per heavy atom. The van der Waals surface area contributed by atoms with E-state index in [1.807, 2.05) is 37.3 Å². The van der Waals surface area contributed by atoms with Gasteiger partial charge in [0.25, 0.3) is 0 Å². The van der Waals surface area contributed by atoms with Crippen LogP contribution in [0.5, 0.6) is 0 Å². The Labute approximate surface area is 171 Å². The van der Waals surface area contributed by atoms with Gasteiger partial charge in [0.1, 0.15) is 5.78 Å². The largest absolute Gasteiger partial charge is 0.463 e. The Kier molecular flexibility index (Phi) is 5.43. The number of benzene rings is 2. The monoisotopic (exact) mass is 387 g/mol. The Hall–Kier alpha value is -3.01. The molecule has 4 heteroatoms. The fourth-order valence-corrected chi connectivity index (χ4v) is 4.47. The number of allylic oxidation sites excluding steroid dienone is 1. The Morgan fingerprint density at radius 3 is 2.38 bits per heavy atom. The van der Waals surface area contributed by atoms with E-state index in [0.29, 0.717) is 24.3 Å². The van der Waals surface area contributed by atoms with Crippen molar-refractivity contribution in [2.75, 3.05) is 6.61 Å². The van der Waals surface area contributed by atoms with Crippen LogP contribution in [0.15, 0.2) is 70.9 Å². The molecule has 29 heavy (non-hydrogen) atoms. The number of hydrogen-bond donors (Lipinski definition) is 0. The molecular weight excluding hydrogens is 362 g/mol. The number of Topliss-reactive ketones (excluding diaryl/α,β-unsaturated/α-hetero) is 1. The van der Waals surface area contributed by atoms with Crippen LogP contribution in [0.25, 0.3) is 11.1 Å². The smallest absolute Gasteiger partial charge is 0.336 e. The number of esters is 1. The Bertz CT molecular complexity index is 986. The first kappa shape index (κ1) is 19.3. The van der Waals surface area contributed by atoms with E-state index < -0.39 is 0 Å². The molecule has 0 aromatic heterocycles. The van der Waals surface area contributed by atoms with Gasteiger partial charge >= 0.3 is 5.97 Å². The maximum Gasteiger partial charge on any atom is 0.336 e. The minimum absolute atomic E-state index is 0.168. The SMILES string of the molecule is CCOC(=O)C1=C(C)N=C2CCCC(=O)C2C1c1ccc(-c2ccccc2)cc1. The number of nitrogens with zero attached hydrogens (tertiary/aromatic N) is 1. The fraction of sp³-hybridized carbons (Fsp3) is 0.320. The highest BCUT2D eigenvalue weighted by Gasteiger charge is 2.43. The second kappa shape index (κ2) is 8.16. The molecule has 0 amide bonds. The molecule has 0 spiro atoms. The van der Waals surface area contributed by atoms with E-state index in [9.17, 15) is 9.59 Å². The lowest BCUT2D eigenvalue weighted by atomic mass is 9.69. The average Bonchev–Trinajstić information content (AvgIpc) is 2.74. The van der Waals surface area contributed by atoms with Crippen molar-refractivity contribution in [3.63, 3.8) is 0 Å². The molecule has 2 unspecified atom stereocenters. The quantitative estimate of drug-likeness (QED) is 0.686. The van der Waals surface area contributed by atoms with E-state index in [4.69, 9.17) is 4.74 Å². The summed E-state index contributed by atoms with van der Waals surface area (Å²) in [7, 11) is 0. The zero-order valence-electron chi connectivity index (χ0n) is 16.9. The predicted molar refractivity (Wildman–Crippen MR) is 114 cm³/mol. The van der Waals surface area contributed by atoms with Gasteiger partial charge in [-0.05, 0) is 43.4 Å². The van der Waals surface area contributed by atoms with Gasteiger partial charge in [-0.1, -0.05) is 54.6 Å². The Balaban J connectivity index is 1.78. The normalized spacial score (nSPS) is 21.4. The zero-order chi connectivity index (χ0) is 20.4. The number of hydrogen-bond acceptors (Lipinski definition) is 4.